The molecule has 0 spiro atoms. The van der Waals surface area contributed by atoms with E-state index in [1.165, 1.54) is 18.2 Å². The largest absolute Gasteiger partial charge is 0.492 e. The molecule has 0 bridgehead atoms. The Morgan fingerprint density at radius 3 is 2.67 bits per heavy atom. The molecule has 0 aliphatic heterocycles. The summed E-state index contributed by atoms with van der Waals surface area (Å²) in [5.41, 5.74) is 0.421. The van der Waals surface area contributed by atoms with Crippen molar-refractivity contribution in [3.05, 3.63) is 29.6 Å². The van der Waals surface area contributed by atoms with E-state index in [4.69, 9.17) is 9.84 Å². The van der Waals surface area contributed by atoms with Crippen LogP contribution in [0.1, 0.15) is 25.8 Å². The first kappa shape index (κ1) is 17.5. The topological polar surface area (TPSA) is 63.6 Å². The van der Waals surface area contributed by atoms with Crippen LogP contribution >= 0.6 is 0 Å². The second-order valence-electron chi connectivity index (χ2n) is 4.72. The third-order valence-corrected chi connectivity index (χ3v) is 4.87. The van der Waals surface area contributed by atoms with Crippen LogP contribution in [0.15, 0.2) is 18.2 Å². The predicted molar refractivity (Wildman–Crippen MR) is 79.4 cm³/mol. The van der Waals surface area contributed by atoms with Crippen molar-refractivity contribution in [2.45, 2.75) is 25.5 Å². The first-order valence-corrected chi connectivity index (χ1v) is 8.31. The molecule has 4 nitrogen and oxygen atoms in total. The van der Waals surface area contributed by atoms with Crippen LogP contribution in [0.3, 0.4) is 0 Å². The molecule has 1 N–H and O–H groups in total. The summed E-state index contributed by atoms with van der Waals surface area (Å²) in [5, 5.41) is 8.17. The molecule has 0 unspecified atom stereocenters. The monoisotopic (exact) mass is 314 g/mol. The lowest BCUT2D eigenvalue weighted by molar-refractivity contribution is 0.305. The van der Waals surface area contributed by atoms with Gasteiger partial charge in [0, 0.05) is 18.1 Å². The standard InChI is InChI=1S/C15H19FO4S/c1-12(2)21(18,19)8-7-20-15-10-13(5-3-4-6-17)9-14(16)11-15/h9-12,17H,4,6-8H2,1-2H3. The molecule has 6 heteroatoms. The molecule has 0 aliphatic rings. The maximum Gasteiger partial charge on any atom is 0.155 e. The number of rotatable bonds is 6. The van der Waals surface area contributed by atoms with Crippen molar-refractivity contribution < 1.29 is 22.7 Å². The van der Waals surface area contributed by atoms with Gasteiger partial charge in [-0.05, 0) is 26.0 Å². The van der Waals surface area contributed by atoms with Gasteiger partial charge in [0.15, 0.2) is 9.84 Å². The normalized spacial score (nSPS) is 11.1. The van der Waals surface area contributed by atoms with Crippen molar-refractivity contribution >= 4 is 9.84 Å². The highest BCUT2D eigenvalue weighted by Gasteiger charge is 2.15. The zero-order valence-corrected chi connectivity index (χ0v) is 12.9. The van der Waals surface area contributed by atoms with Gasteiger partial charge in [-0.2, -0.15) is 0 Å². The predicted octanol–water partition coefficient (Wildman–Crippen LogP) is 1.76. The van der Waals surface area contributed by atoms with Crippen LogP contribution in [0.25, 0.3) is 0 Å². The molecule has 0 atom stereocenters. The number of ether oxygens (including phenoxy) is 1. The summed E-state index contributed by atoms with van der Waals surface area (Å²) in [6.45, 7) is 3.12. The Kier molecular flexibility index (Phi) is 6.66. The van der Waals surface area contributed by atoms with Crippen molar-refractivity contribution in [2.24, 2.45) is 0 Å². The number of sulfone groups is 1. The molecule has 1 aromatic rings. The molecule has 0 radical (unpaired) electrons. The van der Waals surface area contributed by atoms with E-state index in [0.29, 0.717) is 12.0 Å². The van der Waals surface area contributed by atoms with Crippen LogP contribution in [0.4, 0.5) is 4.39 Å². The van der Waals surface area contributed by atoms with Crippen molar-refractivity contribution in [2.75, 3.05) is 19.0 Å². The van der Waals surface area contributed by atoms with Gasteiger partial charge in [0.1, 0.15) is 18.2 Å². The van der Waals surface area contributed by atoms with Crippen molar-refractivity contribution in [1.29, 1.82) is 0 Å². The third-order valence-electron chi connectivity index (χ3n) is 2.70. The smallest absolute Gasteiger partial charge is 0.155 e. The minimum absolute atomic E-state index is 0.0343. The van der Waals surface area contributed by atoms with E-state index < -0.39 is 20.9 Å². The first-order chi connectivity index (χ1) is 9.85. The zero-order valence-electron chi connectivity index (χ0n) is 12.1. The van der Waals surface area contributed by atoms with E-state index in [1.807, 2.05) is 0 Å². The fraction of sp³-hybridized carbons (Fsp3) is 0.467. The van der Waals surface area contributed by atoms with Gasteiger partial charge in [-0.25, -0.2) is 12.8 Å². The van der Waals surface area contributed by atoms with E-state index in [-0.39, 0.29) is 24.7 Å². The lowest BCUT2D eigenvalue weighted by atomic mass is 10.2. The molecular formula is C15H19FO4S. The number of hydrogen-bond donors (Lipinski definition) is 1. The van der Waals surface area contributed by atoms with E-state index in [9.17, 15) is 12.8 Å². The fourth-order valence-corrected chi connectivity index (χ4v) is 2.24. The Bertz CT molecular complexity index is 627. The summed E-state index contributed by atoms with van der Waals surface area (Å²) in [5.74, 6) is 5.00. The van der Waals surface area contributed by atoms with E-state index in [0.717, 1.165) is 0 Å². The molecule has 0 saturated carbocycles. The summed E-state index contributed by atoms with van der Waals surface area (Å²) in [7, 11) is -3.18. The molecule has 1 aromatic carbocycles. The van der Waals surface area contributed by atoms with E-state index in [2.05, 4.69) is 11.8 Å². The van der Waals surface area contributed by atoms with Gasteiger partial charge in [-0.3, -0.25) is 0 Å². The van der Waals surface area contributed by atoms with Crippen molar-refractivity contribution in [3.8, 4) is 17.6 Å². The number of halogens is 1. The molecule has 0 aliphatic carbocycles. The van der Waals surface area contributed by atoms with Crippen LogP contribution < -0.4 is 4.74 Å². The van der Waals surface area contributed by atoms with Gasteiger partial charge in [-0.15, -0.1) is 0 Å². The Balaban J connectivity index is 2.70. The second-order valence-corrected chi connectivity index (χ2v) is 7.39. The molecule has 1 rings (SSSR count). The number of hydrogen-bond acceptors (Lipinski definition) is 4. The maximum absolute atomic E-state index is 13.4. The van der Waals surface area contributed by atoms with E-state index in [1.54, 1.807) is 13.8 Å². The number of aliphatic hydroxyl groups excluding tert-OH is 1. The summed E-state index contributed by atoms with van der Waals surface area (Å²) < 4.78 is 42.0. The second kappa shape index (κ2) is 8.01. The highest BCUT2D eigenvalue weighted by molar-refractivity contribution is 7.91. The van der Waals surface area contributed by atoms with Crippen LogP contribution in [0.2, 0.25) is 0 Å². The Morgan fingerprint density at radius 2 is 2.05 bits per heavy atom. The molecule has 0 aromatic heterocycles. The van der Waals surface area contributed by atoms with Gasteiger partial charge >= 0.3 is 0 Å². The molecule has 116 valence electrons. The van der Waals surface area contributed by atoms with Gasteiger partial charge in [0.2, 0.25) is 0 Å². The minimum Gasteiger partial charge on any atom is -0.492 e. The zero-order chi connectivity index (χ0) is 15.9. The van der Waals surface area contributed by atoms with Crippen molar-refractivity contribution in [1.82, 2.24) is 0 Å². The van der Waals surface area contributed by atoms with Crippen LogP contribution in [0.5, 0.6) is 5.75 Å². The summed E-state index contributed by atoms with van der Waals surface area (Å²) >= 11 is 0. The van der Waals surface area contributed by atoms with Gasteiger partial charge in [0.25, 0.3) is 0 Å². The number of benzene rings is 1. The minimum atomic E-state index is -3.18. The fourth-order valence-electron chi connectivity index (χ4n) is 1.45. The summed E-state index contributed by atoms with van der Waals surface area (Å²) in [4.78, 5) is 0. The maximum atomic E-state index is 13.4. The summed E-state index contributed by atoms with van der Waals surface area (Å²) in [6.07, 6.45) is 0.305. The highest BCUT2D eigenvalue weighted by atomic mass is 32.2. The average Bonchev–Trinajstić information content (AvgIpc) is 2.38. The Hall–Kier alpha value is -1.58. The van der Waals surface area contributed by atoms with Gasteiger partial charge < -0.3 is 9.84 Å². The van der Waals surface area contributed by atoms with Crippen LogP contribution in [-0.4, -0.2) is 37.7 Å². The highest BCUT2D eigenvalue weighted by Crippen LogP contribution is 2.16. The molecule has 0 fully saturated rings. The number of aliphatic hydroxyl groups is 1. The lowest BCUT2D eigenvalue weighted by Gasteiger charge is -2.09. The molecule has 0 heterocycles. The first-order valence-electron chi connectivity index (χ1n) is 6.60. The average molecular weight is 314 g/mol. The Labute approximate surface area is 124 Å². The van der Waals surface area contributed by atoms with Crippen LogP contribution in [0, 0.1) is 17.7 Å². The summed E-state index contributed by atoms with van der Waals surface area (Å²) in [6, 6.07) is 3.97. The quantitative estimate of drug-likeness (QED) is 0.813. The molecule has 0 saturated heterocycles. The van der Waals surface area contributed by atoms with Gasteiger partial charge in [-0.1, -0.05) is 11.8 Å². The lowest BCUT2D eigenvalue weighted by Crippen LogP contribution is -2.22. The van der Waals surface area contributed by atoms with Crippen LogP contribution in [-0.2, 0) is 9.84 Å². The molecular weight excluding hydrogens is 295 g/mol. The SMILES string of the molecule is CC(C)S(=O)(=O)CCOc1cc(F)cc(C#CCCO)c1. The van der Waals surface area contributed by atoms with E-state index >= 15 is 0 Å². The molecule has 0 amide bonds. The van der Waals surface area contributed by atoms with Gasteiger partial charge in [0.05, 0.1) is 17.6 Å². The molecule has 21 heavy (non-hydrogen) atoms. The third kappa shape index (κ3) is 6.15. The van der Waals surface area contributed by atoms with Crippen molar-refractivity contribution in [3.63, 3.8) is 0 Å². The Morgan fingerprint density at radius 1 is 1.33 bits per heavy atom.